The van der Waals surface area contributed by atoms with E-state index >= 15 is 0 Å². The van der Waals surface area contributed by atoms with Crippen molar-refractivity contribution in [3.05, 3.63) is 0 Å². The second-order valence-corrected chi connectivity index (χ2v) is 20.6. The molecule has 0 saturated carbocycles. The number of hydrogen-bond acceptors (Lipinski definition) is 4. The quantitative estimate of drug-likeness (QED) is 0.0521. The van der Waals surface area contributed by atoms with Gasteiger partial charge in [0, 0.05) is 0 Å². The summed E-state index contributed by atoms with van der Waals surface area (Å²) in [5.41, 5.74) is 0. The fourth-order valence-electron chi connectivity index (χ4n) is 6.57. The van der Waals surface area contributed by atoms with Crippen LogP contribution in [0.1, 0.15) is 202 Å². The third-order valence-electron chi connectivity index (χ3n) is 9.34. The van der Waals surface area contributed by atoms with Gasteiger partial charge in [-0.25, -0.2) is 0 Å². The van der Waals surface area contributed by atoms with E-state index in [1.54, 1.807) is 0 Å². The molecule has 0 aromatic heterocycles. The summed E-state index contributed by atoms with van der Waals surface area (Å²) in [7, 11) is -4.01. The molecule has 0 aromatic rings. The van der Waals surface area contributed by atoms with Gasteiger partial charge < -0.3 is 0 Å². The van der Waals surface area contributed by atoms with E-state index in [9.17, 15) is 8.42 Å². The molecule has 6 heteroatoms. The standard InChI is InChI=1S/C36H77O4PS/c1-6-11-16-20-21-22-23-24-25-26-27-31-36-41(33-28-17-12-7-2,34-29-18-13-8-3,35-30-19-14-9-4)40-42(37,38)39-32-15-10-5/h6-36H2,1-5H3. The van der Waals surface area contributed by atoms with Gasteiger partial charge in [-0.1, -0.05) is 13.3 Å². The van der Waals surface area contributed by atoms with Gasteiger partial charge in [0.05, 0.1) is 0 Å². The monoisotopic (exact) mass is 637 g/mol. The van der Waals surface area contributed by atoms with Gasteiger partial charge in [0.25, 0.3) is 0 Å². The first-order chi connectivity index (χ1) is 20.3. The van der Waals surface area contributed by atoms with E-state index in [1.165, 1.54) is 128 Å². The van der Waals surface area contributed by atoms with E-state index in [-0.39, 0.29) is 6.61 Å². The van der Waals surface area contributed by atoms with Gasteiger partial charge in [-0.2, -0.15) is 0 Å². The summed E-state index contributed by atoms with van der Waals surface area (Å²) in [4.78, 5) is 0. The van der Waals surface area contributed by atoms with Crippen molar-refractivity contribution in [2.45, 2.75) is 202 Å². The second kappa shape index (κ2) is 27.6. The van der Waals surface area contributed by atoms with Crippen molar-refractivity contribution in [2.75, 3.05) is 31.3 Å². The normalized spacial score (nSPS) is 13.4. The van der Waals surface area contributed by atoms with Crippen LogP contribution in [0.4, 0.5) is 0 Å². The first kappa shape index (κ1) is 42.3. The van der Waals surface area contributed by atoms with Gasteiger partial charge in [0.1, 0.15) is 0 Å². The van der Waals surface area contributed by atoms with Crippen LogP contribution in [0.25, 0.3) is 0 Å². The van der Waals surface area contributed by atoms with Crippen LogP contribution >= 0.6 is 6.83 Å². The second-order valence-electron chi connectivity index (χ2n) is 13.5. The molecular weight excluding hydrogens is 559 g/mol. The van der Waals surface area contributed by atoms with E-state index in [0.717, 1.165) is 63.2 Å². The molecule has 0 aliphatic heterocycles. The van der Waals surface area contributed by atoms with Crippen LogP contribution < -0.4 is 0 Å². The van der Waals surface area contributed by atoms with Crippen molar-refractivity contribution in [2.24, 2.45) is 0 Å². The summed E-state index contributed by atoms with van der Waals surface area (Å²) < 4.78 is 39.2. The van der Waals surface area contributed by atoms with E-state index in [0.29, 0.717) is 0 Å². The Morgan fingerprint density at radius 3 is 0.952 bits per heavy atom. The van der Waals surface area contributed by atoms with Gasteiger partial charge in [0.15, 0.2) is 0 Å². The van der Waals surface area contributed by atoms with E-state index in [1.807, 2.05) is 0 Å². The average molecular weight is 637 g/mol. The molecule has 0 fully saturated rings. The Bertz CT molecular complexity index is 648. The van der Waals surface area contributed by atoms with Gasteiger partial charge >= 0.3 is 253 Å². The third kappa shape index (κ3) is 21.9. The van der Waals surface area contributed by atoms with Gasteiger partial charge in [0.2, 0.25) is 0 Å². The van der Waals surface area contributed by atoms with Crippen molar-refractivity contribution in [1.82, 2.24) is 0 Å². The molecule has 0 radical (unpaired) electrons. The Kier molecular flexibility index (Phi) is 27.8. The van der Waals surface area contributed by atoms with Crippen molar-refractivity contribution >= 4 is 17.2 Å². The molecule has 0 rings (SSSR count). The predicted molar refractivity (Wildman–Crippen MR) is 191 cm³/mol. The zero-order valence-corrected chi connectivity index (χ0v) is 31.1. The first-order valence-corrected chi connectivity index (χ1v) is 23.2. The van der Waals surface area contributed by atoms with Crippen molar-refractivity contribution in [3.8, 4) is 0 Å². The Balaban J connectivity index is 5.64. The van der Waals surface area contributed by atoms with Crippen LogP contribution in [0.5, 0.6) is 0 Å². The Morgan fingerprint density at radius 1 is 0.381 bits per heavy atom. The molecule has 0 bridgehead atoms. The molecule has 0 unspecified atom stereocenters. The molecule has 0 atom stereocenters. The summed E-state index contributed by atoms with van der Waals surface area (Å²) in [6.45, 7) is 8.34. The molecular formula is C36H77O4PS. The van der Waals surface area contributed by atoms with E-state index in [4.69, 9.17) is 8.15 Å². The molecule has 0 N–H and O–H groups in total. The Morgan fingerprint density at radius 2 is 0.643 bits per heavy atom. The maximum absolute atomic E-state index is 13.5. The Hall–Kier alpha value is 0.300. The van der Waals surface area contributed by atoms with Crippen LogP contribution in [-0.4, -0.2) is 39.7 Å². The summed E-state index contributed by atoms with van der Waals surface area (Å²) in [6, 6.07) is 0. The van der Waals surface area contributed by atoms with Crippen LogP contribution in [0.15, 0.2) is 0 Å². The van der Waals surface area contributed by atoms with Gasteiger partial charge in [-0.05, 0) is 0 Å². The van der Waals surface area contributed by atoms with Crippen LogP contribution in [0, 0.1) is 0 Å². The zero-order valence-electron chi connectivity index (χ0n) is 29.4. The molecule has 0 spiro atoms. The molecule has 0 aliphatic carbocycles. The number of unbranched alkanes of at least 4 members (excludes halogenated alkanes) is 21. The summed E-state index contributed by atoms with van der Waals surface area (Å²) in [6.07, 6.45) is 35.5. The van der Waals surface area contributed by atoms with Crippen molar-refractivity contribution in [1.29, 1.82) is 0 Å². The summed E-state index contributed by atoms with van der Waals surface area (Å²) in [5.74, 6) is 0. The minimum absolute atomic E-state index is 0.242. The van der Waals surface area contributed by atoms with E-state index in [2.05, 4.69) is 34.6 Å². The molecule has 42 heavy (non-hydrogen) atoms. The molecule has 0 saturated heterocycles. The number of rotatable bonds is 34. The SMILES string of the molecule is CCCCCCCCCCCCCCP(CCCCCC)(CCCCCC)(CCCCCC)OS(=O)(=O)OCCCC. The first-order valence-electron chi connectivity index (χ1n) is 18.9. The fraction of sp³-hybridized carbons (Fsp3) is 1.00. The van der Waals surface area contributed by atoms with Crippen LogP contribution in [-0.2, 0) is 18.6 Å². The Labute approximate surface area is 266 Å². The molecule has 0 amide bonds. The zero-order chi connectivity index (χ0) is 31.3. The predicted octanol–water partition coefficient (Wildman–Crippen LogP) is 13.0. The van der Waals surface area contributed by atoms with Gasteiger partial charge in [-0.3, -0.25) is 0 Å². The summed E-state index contributed by atoms with van der Waals surface area (Å²) in [5, 5.41) is 0. The van der Waals surface area contributed by atoms with Gasteiger partial charge in [-0.15, -0.1) is 0 Å². The molecule has 0 heterocycles. The maximum atomic E-state index is 13.5. The molecule has 0 aromatic carbocycles. The van der Waals surface area contributed by atoms with Crippen molar-refractivity contribution < 1.29 is 16.6 Å². The van der Waals surface area contributed by atoms with Crippen molar-refractivity contribution in [3.63, 3.8) is 0 Å². The fourth-order valence-corrected chi connectivity index (χ4v) is 15.8. The minimum atomic E-state index is -4.01. The number of hydrogen-bond donors (Lipinski definition) is 0. The molecule has 256 valence electrons. The molecule has 0 aliphatic rings. The van der Waals surface area contributed by atoms with Crippen LogP contribution in [0.3, 0.4) is 0 Å². The van der Waals surface area contributed by atoms with E-state index < -0.39 is 17.2 Å². The summed E-state index contributed by atoms with van der Waals surface area (Å²) >= 11 is 0. The topological polar surface area (TPSA) is 52.6 Å². The average Bonchev–Trinajstić information content (AvgIpc) is 2.97. The van der Waals surface area contributed by atoms with Crippen LogP contribution in [0.2, 0.25) is 0 Å². The molecule has 4 nitrogen and oxygen atoms in total. The third-order valence-corrected chi connectivity index (χ3v) is 18.0.